The number of ketones is 2. The Morgan fingerprint density at radius 2 is 1.82 bits per heavy atom. The first-order chi connectivity index (χ1) is 13.4. The second-order valence-corrected chi connectivity index (χ2v) is 10.9. The first-order valence-corrected chi connectivity index (χ1v) is 11.9. The second-order valence-electron chi connectivity index (χ2n) is 8.44. The van der Waals surface area contributed by atoms with Gasteiger partial charge < -0.3 is 4.74 Å². The molecule has 4 nitrogen and oxygen atoms in total. The number of hydrogen-bond donors (Lipinski definition) is 0. The van der Waals surface area contributed by atoms with Crippen molar-refractivity contribution in [1.82, 2.24) is 0 Å². The number of methoxy groups -OCH3 is 1. The van der Waals surface area contributed by atoms with Gasteiger partial charge in [-0.3, -0.25) is 9.59 Å². The number of rotatable bonds is 6. The summed E-state index contributed by atoms with van der Waals surface area (Å²) in [6.45, 7) is 2.26. The third-order valence-corrected chi connectivity index (χ3v) is 8.18. The normalized spacial score (nSPS) is 24.8. The summed E-state index contributed by atoms with van der Waals surface area (Å²) in [5.74, 6) is 1.39. The lowest BCUT2D eigenvalue weighted by atomic mass is 9.72. The Labute approximate surface area is 179 Å². The average Bonchev–Trinajstić information content (AvgIpc) is 3.08. The quantitative estimate of drug-likeness (QED) is 0.485. The van der Waals surface area contributed by atoms with Crippen LogP contribution >= 0.6 is 27.3 Å². The summed E-state index contributed by atoms with van der Waals surface area (Å²) in [5.41, 5.74) is 0.917. The zero-order valence-electron chi connectivity index (χ0n) is 16.7. The summed E-state index contributed by atoms with van der Waals surface area (Å²) in [7, 11) is 1.39. The zero-order valence-corrected chi connectivity index (χ0v) is 19.1. The van der Waals surface area contributed by atoms with Gasteiger partial charge in [-0.25, -0.2) is 4.79 Å². The van der Waals surface area contributed by atoms with Crippen molar-refractivity contribution >= 4 is 44.8 Å². The van der Waals surface area contributed by atoms with Gasteiger partial charge in [-0.2, -0.15) is 0 Å². The van der Waals surface area contributed by atoms with Gasteiger partial charge in [0.15, 0.2) is 0 Å². The molecule has 0 amide bonds. The van der Waals surface area contributed by atoms with Crippen molar-refractivity contribution in [2.24, 2.45) is 17.8 Å². The second kappa shape index (κ2) is 9.66. The van der Waals surface area contributed by atoms with Gasteiger partial charge in [-0.05, 0) is 71.0 Å². The van der Waals surface area contributed by atoms with Gasteiger partial charge in [0.1, 0.15) is 16.4 Å². The van der Waals surface area contributed by atoms with E-state index >= 15 is 0 Å². The molecule has 1 atom stereocenters. The molecule has 1 aromatic rings. The van der Waals surface area contributed by atoms with Gasteiger partial charge in [0.25, 0.3) is 0 Å². The first-order valence-electron chi connectivity index (χ1n) is 10.3. The van der Waals surface area contributed by atoms with Crippen LogP contribution in [0.5, 0.6) is 0 Å². The van der Waals surface area contributed by atoms with E-state index in [2.05, 4.69) is 22.9 Å². The maximum atomic E-state index is 13.2. The summed E-state index contributed by atoms with van der Waals surface area (Å²) in [6.07, 6.45) is 7.42. The van der Waals surface area contributed by atoms with Crippen LogP contribution < -0.4 is 0 Å². The SMILES string of the molecule is COC(=O)c1sc(Br)cc1C(CC(=O)C1CCC(C)CC1)C1CCC(=O)CC1. The van der Waals surface area contributed by atoms with Crippen LogP contribution in [-0.2, 0) is 14.3 Å². The van der Waals surface area contributed by atoms with Crippen molar-refractivity contribution in [3.63, 3.8) is 0 Å². The summed E-state index contributed by atoms with van der Waals surface area (Å²) >= 11 is 4.87. The van der Waals surface area contributed by atoms with Crippen molar-refractivity contribution in [3.8, 4) is 0 Å². The van der Waals surface area contributed by atoms with E-state index in [0.29, 0.717) is 41.6 Å². The van der Waals surface area contributed by atoms with E-state index < -0.39 is 0 Å². The highest BCUT2D eigenvalue weighted by Gasteiger charge is 2.35. The summed E-state index contributed by atoms with van der Waals surface area (Å²) < 4.78 is 5.86. The van der Waals surface area contributed by atoms with E-state index in [1.165, 1.54) is 18.4 Å². The first kappa shape index (κ1) is 21.7. The molecule has 0 spiro atoms. The molecule has 1 aromatic heterocycles. The number of hydrogen-bond acceptors (Lipinski definition) is 5. The maximum Gasteiger partial charge on any atom is 0.348 e. The molecule has 0 radical (unpaired) electrons. The predicted molar refractivity (Wildman–Crippen MR) is 114 cm³/mol. The number of Topliss-reactive ketones (excluding diaryl/α,β-unsaturated/α-hetero) is 2. The molecule has 0 N–H and O–H groups in total. The lowest BCUT2D eigenvalue weighted by Gasteiger charge is -2.32. The molecular formula is C22H29BrO4S. The van der Waals surface area contributed by atoms with E-state index in [1.807, 2.05) is 6.07 Å². The van der Waals surface area contributed by atoms with Crippen LogP contribution in [0.3, 0.4) is 0 Å². The molecule has 2 fully saturated rings. The number of halogens is 1. The Morgan fingerprint density at radius 3 is 2.43 bits per heavy atom. The Morgan fingerprint density at radius 1 is 1.18 bits per heavy atom. The van der Waals surface area contributed by atoms with Crippen LogP contribution in [-0.4, -0.2) is 24.6 Å². The molecule has 6 heteroatoms. The fourth-order valence-corrected chi connectivity index (χ4v) is 6.37. The summed E-state index contributed by atoms with van der Waals surface area (Å²) in [6, 6.07) is 1.98. The molecule has 1 heterocycles. The van der Waals surface area contributed by atoms with E-state index in [4.69, 9.17) is 4.74 Å². The number of thiophene rings is 1. The van der Waals surface area contributed by atoms with Crippen LogP contribution in [0, 0.1) is 17.8 Å². The van der Waals surface area contributed by atoms with Crippen LogP contribution in [0.4, 0.5) is 0 Å². The molecule has 3 rings (SSSR count). The van der Waals surface area contributed by atoms with E-state index in [1.54, 1.807) is 0 Å². The Hall–Kier alpha value is -1.01. The molecule has 2 saturated carbocycles. The molecular weight excluding hydrogens is 440 g/mol. The Bertz CT molecular complexity index is 723. The monoisotopic (exact) mass is 468 g/mol. The minimum Gasteiger partial charge on any atom is -0.465 e. The van der Waals surface area contributed by atoms with Crippen LogP contribution in [0.2, 0.25) is 0 Å². The highest BCUT2D eigenvalue weighted by atomic mass is 79.9. The van der Waals surface area contributed by atoms with Crippen LogP contribution in [0.15, 0.2) is 9.85 Å². The topological polar surface area (TPSA) is 60.4 Å². The van der Waals surface area contributed by atoms with Crippen molar-refractivity contribution in [2.45, 2.75) is 70.6 Å². The van der Waals surface area contributed by atoms with Gasteiger partial charge in [-0.1, -0.05) is 19.8 Å². The number of carbonyl (C=O) groups is 3. The molecule has 28 heavy (non-hydrogen) atoms. The molecule has 2 aliphatic carbocycles. The van der Waals surface area contributed by atoms with Gasteiger partial charge in [-0.15, -0.1) is 11.3 Å². The largest absolute Gasteiger partial charge is 0.465 e. The van der Waals surface area contributed by atoms with Crippen LogP contribution in [0.25, 0.3) is 0 Å². The number of esters is 1. The van der Waals surface area contributed by atoms with Crippen molar-refractivity contribution in [1.29, 1.82) is 0 Å². The fourth-order valence-electron chi connectivity index (χ4n) is 4.76. The van der Waals surface area contributed by atoms with Gasteiger partial charge in [0, 0.05) is 25.2 Å². The summed E-state index contributed by atoms with van der Waals surface area (Å²) in [5, 5.41) is 0. The molecule has 0 bridgehead atoms. The van der Waals surface area contributed by atoms with E-state index in [0.717, 1.165) is 47.9 Å². The Kier molecular flexibility index (Phi) is 7.48. The lowest BCUT2D eigenvalue weighted by molar-refractivity contribution is -0.124. The number of ether oxygens (including phenoxy) is 1. The summed E-state index contributed by atoms with van der Waals surface area (Å²) in [4.78, 5) is 37.8. The molecule has 0 aromatic carbocycles. The standard InChI is InChI=1S/C22H29BrO4S/c1-13-3-5-15(6-4-13)19(25)11-17(14-7-9-16(24)10-8-14)18-12-20(23)28-21(18)22(26)27-2/h12-15,17H,3-11H2,1-2H3. The highest BCUT2D eigenvalue weighted by molar-refractivity contribution is 9.11. The number of carbonyl (C=O) groups excluding carboxylic acids is 3. The third kappa shape index (κ3) is 5.12. The molecule has 0 aliphatic heterocycles. The molecule has 2 aliphatic rings. The maximum absolute atomic E-state index is 13.2. The van der Waals surface area contributed by atoms with Gasteiger partial charge in [0.05, 0.1) is 10.9 Å². The smallest absolute Gasteiger partial charge is 0.348 e. The molecule has 1 unspecified atom stereocenters. The fraction of sp³-hybridized carbons (Fsp3) is 0.682. The van der Waals surface area contributed by atoms with Crippen LogP contribution in [0.1, 0.15) is 85.9 Å². The minimum atomic E-state index is -0.346. The molecule has 154 valence electrons. The highest BCUT2D eigenvalue weighted by Crippen LogP contribution is 2.44. The van der Waals surface area contributed by atoms with Gasteiger partial charge in [0.2, 0.25) is 0 Å². The van der Waals surface area contributed by atoms with Crippen molar-refractivity contribution in [3.05, 3.63) is 20.3 Å². The minimum absolute atomic E-state index is 0.0170. The Balaban J connectivity index is 1.84. The zero-order chi connectivity index (χ0) is 20.3. The average molecular weight is 469 g/mol. The van der Waals surface area contributed by atoms with E-state index in [9.17, 15) is 14.4 Å². The molecule has 0 saturated heterocycles. The van der Waals surface area contributed by atoms with Gasteiger partial charge >= 0.3 is 5.97 Å². The van der Waals surface area contributed by atoms with Crippen molar-refractivity contribution in [2.75, 3.05) is 7.11 Å². The lowest BCUT2D eigenvalue weighted by Crippen LogP contribution is -2.27. The van der Waals surface area contributed by atoms with E-state index in [-0.39, 0.29) is 23.7 Å². The predicted octanol–water partition coefficient (Wildman–Crippen LogP) is 5.93. The third-order valence-electron chi connectivity index (χ3n) is 6.55. The van der Waals surface area contributed by atoms with Crippen molar-refractivity contribution < 1.29 is 19.1 Å².